The molecular weight excluding hydrogens is 250 g/mol. The highest BCUT2D eigenvalue weighted by Crippen LogP contribution is 2.19. The minimum Gasteiger partial charge on any atom is -0.394 e. The number of halogens is 2. The first-order valence-electron chi connectivity index (χ1n) is 6.30. The molecule has 1 aromatic carbocycles. The summed E-state index contributed by atoms with van der Waals surface area (Å²) in [5.41, 5.74) is 6.05. The summed E-state index contributed by atoms with van der Waals surface area (Å²) in [5, 5.41) is 9.25. The van der Waals surface area contributed by atoms with Crippen LogP contribution in [0.25, 0.3) is 0 Å². The maximum atomic E-state index is 13.1. The van der Waals surface area contributed by atoms with Crippen molar-refractivity contribution in [2.45, 2.75) is 31.8 Å². The summed E-state index contributed by atoms with van der Waals surface area (Å²) in [6.07, 6.45) is 0.558. The molecule has 0 radical (unpaired) electrons. The molecule has 5 heteroatoms. The van der Waals surface area contributed by atoms with E-state index in [1.54, 1.807) is 0 Å². The normalized spacial score (nSPS) is 13.9. The number of hydrogen-bond acceptors (Lipinski definition) is 3. The molecule has 3 N–H and O–H groups in total. The number of aliphatic hydroxyl groups excluding tert-OH is 1. The smallest absolute Gasteiger partial charge is 0.126 e. The van der Waals surface area contributed by atoms with E-state index in [0.717, 1.165) is 6.07 Å². The summed E-state index contributed by atoms with van der Waals surface area (Å²) in [5.74, 6) is -1.23. The van der Waals surface area contributed by atoms with Crippen LogP contribution in [0.2, 0.25) is 0 Å². The standard InChI is InChI=1S/C14H22F2N2O/c1-14(2,9-19)18(3)5-4-13(17)10-6-11(15)8-12(16)7-10/h6-8,13,19H,4-5,9,17H2,1-3H3. The molecule has 0 fully saturated rings. The van der Waals surface area contributed by atoms with Crippen LogP contribution in [0, 0.1) is 11.6 Å². The van der Waals surface area contributed by atoms with Crippen molar-refractivity contribution in [1.82, 2.24) is 4.90 Å². The van der Waals surface area contributed by atoms with Crippen molar-refractivity contribution >= 4 is 0 Å². The van der Waals surface area contributed by atoms with E-state index in [1.807, 2.05) is 25.8 Å². The molecule has 0 saturated carbocycles. The van der Waals surface area contributed by atoms with Gasteiger partial charge < -0.3 is 10.8 Å². The second kappa shape index (κ2) is 6.41. The van der Waals surface area contributed by atoms with Crippen LogP contribution in [-0.2, 0) is 0 Å². The summed E-state index contributed by atoms with van der Waals surface area (Å²) in [6.45, 7) is 4.50. The van der Waals surface area contributed by atoms with Crippen molar-refractivity contribution in [3.05, 3.63) is 35.4 Å². The number of nitrogens with two attached hydrogens (primary N) is 1. The number of nitrogens with zero attached hydrogens (tertiary/aromatic N) is 1. The van der Waals surface area contributed by atoms with Gasteiger partial charge in [0.05, 0.1) is 6.61 Å². The molecule has 1 aromatic rings. The summed E-state index contributed by atoms with van der Waals surface area (Å²) in [7, 11) is 1.88. The van der Waals surface area contributed by atoms with Crippen molar-refractivity contribution in [2.75, 3.05) is 20.2 Å². The molecule has 19 heavy (non-hydrogen) atoms. The van der Waals surface area contributed by atoms with Crippen LogP contribution in [-0.4, -0.2) is 35.7 Å². The average Bonchev–Trinajstić information content (AvgIpc) is 2.34. The summed E-state index contributed by atoms with van der Waals surface area (Å²) < 4.78 is 26.2. The Bertz CT molecular complexity index is 404. The van der Waals surface area contributed by atoms with E-state index in [-0.39, 0.29) is 12.1 Å². The van der Waals surface area contributed by atoms with Crippen LogP contribution >= 0.6 is 0 Å². The highest BCUT2D eigenvalue weighted by Gasteiger charge is 2.22. The van der Waals surface area contributed by atoms with E-state index >= 15 is 0 Å². The maximum Gasteiger partial charge on any atom is 0.126 e. The highest BCUT2D eigenvalue weighted by molar-refractivity contribution is 5.21. The van der Waals surface area contributed by atoms with Gasteiger partial charge >= 0.3 is 0 Å². The molecular formula is C14H22F2N2O. The number of rotatable bonds is 6. The lowest BCUT2D eigenvalue weighted by atomic mass is 10.0. The fourth-order valence-electron chi connectivity index (χ4n) is 1.71. The molecule has 0 saturated heterocycles. The van der Waals surface area contributed by atoms with E-state index in [0.29, 0.717) is 18.5 Å². The van der Waals surface area contributed by atoms with Crippen molar-refractivity contribution in [3.8, 4) is 0 Å². The first kappa shape index (κ1) is 16.0. The molecule has 1 unspecified atom stereocenters. The largest absolute Gasteiger partial charge is 0.394 e. The first-order valence-corrected chi connectivity index (χ1v) is 6.30. The molecule has 0 aliphatic rings. The molecule has 0 aliphatic heterocycles. The quantitative estimate of drug-likeness (QED) is 0.833. The molecule has 0 amide bonds. The zero-order valence-electron chi connectivity index (χ0n) is 11.7. The number of likely N-dealkylation sites (N-methyl/N-ethyl adjacent to an activating group) is 1. The Morgan fingerprint density at radius 2 is 1.79 bits per heavy atom. The van der Waals surface area contributed by atoms with E-state index in [1.165, 1.54) is 12.1 Å². The maximum absolute atomic E-state index is 13.1. The Balaban J connectivity index is 2.63. The van der Waals surface area contributed by atoms with Gasteiger partial charge in [0, 0.05) is 24.2 Å². The van der Waals surface area contributed by atoms with Crippen molar-refractivity contribution in [2.24, 2.45) is 5.73 Å². The zero-order chi connectivity index (χ0) is 14.6. The van der Waals surface area contributed by atoms with Gasteiger partial charge in [-0.3, -0.25) is 4.90 Å². The second-order valence-corrected chi connectivity index (χ2v) is 5.49. The number of benzene rings is 1. The monoisotopic (exact) mass is 272 g/mol. The molecule has 3 nitrogen and oxygen atoms in total. The van der Waals surface area contributed by atoms with Crippen molar-refractivity contribution < 1.29 is 13.9 Å². The summed E-state index contributed by atoms with van der Waals surface area (Å²) >= 11 is 0. The summed E-state index contributed by atoms with van der Waals surface area (Å²) in [4.78, 5) is 1.97. The van der Waals surface area contributed by atoms with Gasteiger partial charge in [-0.1, -0.05) is 0 Å². The Kier molecular flexibility index (Phi) is 5.40. The number of hydrogen-bond donors (Lipinski definition) is 2. The van der Waals surface area contributed by atoms with Crippen molar-refractivity contribution in [3.63, 3.8) is 0 Å². The number of aliphatic hydroxyl groups is 1. The molecule has 108 valence electrons. The van der Waals surface area contributed by atoms with E-state index < -0.39 is 17.7 Å². The van der Waals surface area contributed by atoms with Crippen molar-refractivity contribution in [1.29, 1.82) is 0 Å². The Labute approximate surface area is 113 Å². The molecule has 0 bridgehead atoms. The third-order valence-electron chi connectivity index (χ3n) is 3.51. The minimum atomic E-state index is -0.616. The molecule has 0 spiro atoms. The second-order valence-electron chi connectivity index (χ2n) is 5.49. The van der Waals surface area contributed by atoms with E-state index in [4.69, 9.17) is 5.73 Å². The minimum absolute atomic E-state index is 0.0351. The van der Waals surface area contributed by atoms with Crippen LogP contribution in [0.5, 0.6) is 0 Å². The average molecular weight is 272 g/mol. The molecule has 0 aromatic heterocycles. The Hall–Kier alpha value is -1.04. The summed E-state index contributed by atoms with van der Waals surface area (Å²) in [6, 6.07) is 2.91. The van der Waals surface area contributed by atoms with Crippen LogP contribution in [0.4, 0.5) is 8.78 Å². The van der Waals surface area contributed by atoms with Crippen LogP contribution < -0.4 is 5.73 Å². The molecule has 0 heterocycles. The van der Waals surface area contributed by atoms with Gasteiger partial charge in [-0.25, -0.2) is 8.78 Å². The predicted molar refractivity (Wildman–Crippen MR) is 71.7 cm³/mol. The van der Waals surface area contributed by atoms with Gasteiger partial charge in [0.1, 0.15) is 11.6 Å². The van der Waals surface area contributed by atoms with Gasteiger partial charge in [0.25, 0.3) is 0 Å². The lowest BCUT2D eigenvalue weighted by molar-refractivity contribution is 0.0767. The third-order valence-corrected chi connectivity index (χ3v) is 3.51. The van der Waals surface area contributed by atoms with Crippen LogP contribution in [0.15, 0.2) is 18.2 Å². The fraction of sp³-hybridized carbons (Fsp3) is 0.571. The van der Waals surface area contributed by atoms with Gasteiger partial charge in [-0.2, -0.15) is 0 Å². The lowest BCUT2D eigenvalue weighted by Gasteiger charge is -2.34. The van der Waals surface area contributed by atoms with E-state index in [9.17, 15) is 13.9 Å². The molecule has 1 rings (SSSR count). The Morgan fingerprint density at radius 1 is 1.26 bits per heavy atom. The highest BCUT2D eigenvalue weighted by atomic mass is 19.1. The Morgan fingerprint density at radius 3 is 2.26 bits per heavy atom. The van der Waals surface area contributed by atoms with E-state index in [2.05, 4.69) is 0 Å². The third kappa shape index (κ3) is 4.53. The van der Waals surface area contributed by atoms with Gasteiger partial charge in [-0.15, -0.1) is 0 Å². The molecule has 0 aliphatic carbocycles. The van der Waals surface area contributed by atoms with Gasteiger partial charge in [-0.05, 0) is 45.0 Å². The fourth-order valence-corrected chi connectivity index (χ4v) is 1.71. The zero-order valence-corrected chi connectivity index (χ0v) is 11.7. The lowest BCUT2D eigenvalue weighted by Crippen LogP contribution is -2.45. The van der Waals surface area contributed by atoms with Crippen LogP contribution in [0.3, 0.4) is 0 Å². The van der Waals surface area contributed by atoms with Gasteiger partial charge in [0.2, 0.25) is 0 Å². The van der Waals surface area contributed by atoms with Crippen LogP contribution in [0.1, 0.15) is 31.9 Å². The first-order chi connectivity index (χ1) is 8.76. The molecule has 1 atom stereocenters. The predicted octanol–water partition coefficient (Wildman–Crippen LogP) is 2.06. The SMILES string of the molecule is CN(CCC(N)c1cc(F)cc(F)c1)C(C)(C)CO. The van der Waals surface area contributed by atoms with Gasteiger partial charge in [0.15, 0.2) is 0 Å². The topological polar surface area (TPSA) is 49.5 Å².